The number of allylic oxidation sites excluding steroid dienone is 1. The molecule has 0 heterocycles. The fourth-order valence-electron chi connectivity index (χ4n) is 9.12. The predicted molar refractivity (Wildman–Crippen MR) is 481 cm³/mol. The monoisotopic (exact) mass is 1760 g/mol. The van der Waals surface area contributed by atoms with Crippen molar-refractivity contribution in [3.63, 3.8) is 0 Å². The van der Waals surface area contributed by atoms with E-state index in [0.29, 0.717) is 52.2 Å². The molecule has 123 heavy (non-hydrogen) atoms. The maximum atomic E-state index is 13.4. The summed E-state index contributed by atoms with van der Waals surface area (Å²) in [7, 11) is 30.7. The van der Waals surface area contributed by atoms with Crippen LogP contribution in [0.5, 0.6) is 28.7 Å². The third-order valence-electron chi connectivity index (χ3n) is 15.0. The number of likely N-dealkylation sites (N-methyl/N-ethyl adjacent to an activating group) is 8. The molecule has 0 radical (unpaired) electrons. The lowest BCUT2D eigenvalue weighted by Crippen LogP contribution is -2.29. The number of nitrogen functional groups attached to an aromatic ring is 2. The number of hydrogen-bond donors (Lipinski definition) is 8. The number of halogens is 3. The van der Waals surface area contributed by atoms with E-state index in [1.54, 1.807) is 126 Å². The van der Waals surface area contributed by atoms with Crippen LogP contribution in [0, 0.1) is 42.0 Å². The topological polar surface area (TPSA) is 462 Å². The molecule has 10 N–H and O–H groups in total. The molecule has 5 aromatic rings. The molecule has 0 aliphatic heterocycles. The van der Waals surface area contributed by atoms with Crippen LogP contribution in [0.2, 0.25) is 0 Å². The lowest BCUT2D eigenvalue weighted by atomic mass is 10.2. The van der Waals surface area contributed by atoms with Crippen molar-refractivity contribution in [2.45, 2.75) is 105 Å². The first-order chi connectivity index (χ1) is 56.7. The molecule has 39 nitrogen and oxygen atoms in total. The molecular formula is C81H129ClF2N18O21. The third-order valence-corrected chi connectivity index (χ3v) is 15.1. The van der Waals surface area contributed by atoms with Crippen LogP contribution < -0.4 is 81.8 Å². The molecule has 5 amide bonds. The molecule has 0 bridgehead atoms. The summed E-state index contributed by atoms with van der Waals surface area (Å²) in [6, 6.07) is 13.2. The number of nitrogens with two attached hydrogens (primary N) is 2. The van der Waals surface area contributed by atoms with Gasteiger partial charge < -0.3 is 99.0 Å². The number of carbonyl (C=O) groups excluding carboxylic acids is 6. The Hall–Kier alpha value is -12.0. The Bertz CT molecular complexity index is 4290. The van der Waals surface area contributed by atoms with Gasteiger partial charge >= 0.3 is 35.7 Å². The Kier molecular flexibility index (Phi) is 49.9. The highest BCUT2D eigenvalue weighted by atomic mass is 35.5. The van der Waals surface area contributed by atoms with E-state index in [0.717, 1.165) is 87.5 Å². The van der Waals surface area contributed by atoms with E-state index in [1.165, 1.54) is 40.6 Å². The van der Waals surface area contributed by atoms with Gasteiger partial charge in [-0.25, -0.2) is 19.2 Å². The van der Waals surface area contributed by atoms with Gasteiger partial charge in [0, 0.05) is 122 Å². The summed E-state index contributed by atoms with van der Waals surface area (Å²) in [5, 5.41) is 47.9. The SMILES string of the molecule is C=CC(=O)Cl.C=CC(=O)Nc1cc(NC(=O)OC(C)(C)C)c(OC)cc1N(C)CCN(C)C.CNCCN(C)C.COc1cc(F)c([N+](=O)[O-])cc1N.COc1cc(F)c([N+](=O)[O-])cc1NC(=O)OC(C)(C)C.COc1cc(N(C)CCN(C)C)c(N)cc1NC(=O)OC(C)(C)C.COc1cc(N(C)CCN(C)C)c([N+](=O)[O-])cc1NC(=O)OC(C)(C)C. The van der Waals surface area contributed by atoms with Crippen molar-refractivity contribution < 1.29 is 94.9 Å². The zero-order valence-electron chi connectivity index (χ0n) is 76.3. The number of anilines is 10. The second-order valence-corrected chi connectivity index (χ2v) is 31.7. The zero-order chi connectivity index (χ0) is 95.5. The van der Waals surface area contributed by atoms with Crippen LogP contribution in [0.15, 0.2) is 86.0 Å². The summed E-state index contributed by atoms with van der Waals surface area (Å²) in [6.45, 7) is 34.3. The number of amides is 5. The van der Waals surface area contributed by atoms with Gasteiger partial charge in [-0.15, -0.1) is 0 Å². The molecule has 5 aromatic carbocycles. The molecule has 0 atom stereocenters. The van der Waals surface area contributed by atoms with Crippen LogP contribution in [0.4, 0.5) is 102 Å². The van der Waals surface area contributed by atoms with E-state index in [2.05, 4.69) is 83.5 Å². The quantitative estimate of drug-likeness (QED) is 0.00528. The van der Waals surface area contributed by atoms with Gasteiger partial charge in [-0.3, -0.25) is 61.2 Å². The molecule has 42 heteroatoms. The number of nitrogens with one attached hydrogen (secondary N) is 6. The summed E-state index contributed by atoms with van der Waals surface area (Å²) in [5.74, 6) is -1.03. The maximum absolute atomic E-state index is 13.4. The van der Waals surface area contributed by atoms with Crippen LogP contribution in [-0.4, -0.2) is 265 Å². The largest absolute Gasteiger partial charge is 0.494 e. The maximum Gasteiger partial charge on any atom is 0.412 e. The van der Waals surface area contributed by atoms with Crippen molar-refractivity contribution in [2.24, 2.45) is 0 Å². The lowest BCUT2D eigenvalue weighted by molar-refractivity contribution is -0.387. The number of benzene rings is 5. The van der Waals surface area contributed by atoms with E-state index < -0.39 is 89.8 Å². The number of carbonyl (C=O) groups is 6. The van der Waals surface area contributed by atoms with Crippen molar-refractivity contribution >= 4 is 121 Å². The fraction of sp³-hybridized carbons (Fsp3) is 0.506. The van der Waals surface area contributed by atoms with Crippen molar-refractivity contribution in [1.82, 2.24) is 24.9 Å². The van der Waals surface area contributed by atoms with E-state index in [-0.39, 0.29) is 40.2 Å². The van der Waals surface area contributed by atoms with Gasteiger partial charge in [0.2, 0.25) is 22.8 Å². The molecule has 0 saturated carbocycles. The van der Waals surface area contributed by atoms with Gasteiger partial charge in [-0.05, 0) is 182 Å². The average Bonchev–Trinajstić information content (AvgIpc) is 0.814. The highest BCUT2D eigenvalue weighted by Crippen LogP contribution is 2.41. The highest BCUT2D eigenvalue weighted by molar-refractivity contribution is 6.66. The van der Waals surface area contributed by atoms with Crippen LogP contribution in [-0.2, 0) is 28.5 Å². The third kappa shape index (κ3) is 47.1. The van der Waals surface area contributed by atoms with E-state index in [4.69, 9.17) is 61.0 Å². The molecule has 0 aliphatic rings. The first-order valence-corrected chi connectivity index (χ1v) is 38.0. The Balaban J connectivity index is 0. The zero-order valence-corrected chi connectivity index (χ0v) is 77.1. The Labute approximate surface area is 725 Å². The van der Waals surface area contributed by atoms with Crippen LogP contribution >= 0.6 is 11.6 Å². The second-order valence-electron chi connectivity index (χ2n) is 31.3. The van der Waals surface area contributed by atoms with Gasteiger partial charge in [-0.1, -0.05) is 13.2 Å². The Morgan fingerprint density at radius 2 is 0.683 bits per heavy atom. The summed E-state index contributed by atoms with van der Waals surface area (Å²) in [4.78, 5) is 113. The first-order valence-electron chi connectivity index (χ1n) is 37.7. The summed E-state index contributed by atoms with van der Waals surface area (Å²) >= 11 is 4.71. The Morgan fingerprint density at radius 3 is 0.984 bits per heavy atom. The van der Waals surface area contributed by atoms with Gasteiger partial charge in [0.1, 0.15) is 56.8 Å². The number of ether oxygens (including phenoxy) is 9. The fourth-order valence-corrected chi connectivity index (χ4v) is 9.12. The average molecular weight is 1760 g/mol. The van der Waals surface area contributed by atoms with Gasteiger partial charge in [0.15, 0.2) is 0 Å². The second kappa shape index (κ2) is 54.4. The standard InChI is InChI=1S/C20H32N4O4.C17H28N4O5.C17H30N4O3.C12H15FN2O5.C7H7FN2O3.C5H14N2.C3H3ClO/c1-9-18(25)21-14-12-15(22-19(26)28-20(2,3)4)17(27-8)13-16(14)24(7)11-10-23(5)6;1-17(2,3)26-16(22)18-12-10-14(21(23)24)13(11-15(12)25-7)20(6)9-8-19(4)5;1-17(2,3)24-16(22)19-13-10-12(18)14(11-15(13)23-7)21(6)9-8-20(4)5;1-12(2,3)20-11(16)14-8-6-9(15(17)18)7(13)5-10(8)19-4;1-13-7-2-4(8)6(10(11)12)3-5(7)9;1-6-4-5-7(2)3;1-2-3(4)5/h9,12-13H,1,10-11H2,2-8H3,(H,21,25)(H,22,26);10-11H,8-9H2,1-7H3,(H,18,22);10-11H,8-9,18H2,1-7H3,(H,19,22);5-6H,1-4H3,(H,14,16);2-3H,9H2,1H3;6H,4-5H2,1-3H3;2H,1H2. The first kappa shape index (κ1) is 113. The minimum atomic E-state index is -1.05. The number of hydrogen-bond acceptors (Lipinski definition) is 31. The summed E-state index contributed by atoms with van der Waals surface area (Å²) < 4.78 is 72.7. The van der Waals surface area contributed by atoms with Crippen molar-refractivity contribution in [1.29, 1.82) is 0 Å². The van der Waals surface area contributed by atoms with Crippen molar-refractivity contribution in [3.8, 4) is 28.7 Å². The number of nitrogens with zero attached hydrogens (tertiary/aromatic N) is 10. The molecule has 5 rings (SSSR count). The van der Waals surface area contributed by atoms with Crippen LogP contribution in [0.1, 0.15) is 83.1 Å². The number of rotatable bonds is 30. The minimum Gasteiger partial charge on any atom is -0.494 e. The molecule has 0 aliphatic carbocycles. The van der Waals surface area contributed by atoms with Gasteiger partial charge in [0.05, 0.1) is 102 Å². The molecule has 0 unspecified atom stereocenters. The van der Waals surface area contributed by atoms with Gasteiger partial charge in [-0.2, -0.15) is 8.78 Å². The molecule has 0 spiro atoms. The molecule has 690 valence electrons. The number of nitro benzene ring substituents is 3. The number of nitro groups is 3. The number of methoxy groups -OCH3 is 5. The molecule has 0 saturated heterocycles. The normalized spacial score (nSPS) is 10.7. The predicted octanol–water partition coefficient (Wildman–Crippen LogP) is 13.9. The Morgan fingerprint density at radius 1 is 0.398 bits per heavy atom. The summed E-state index contributed by atoms with van der Waals surface area (Å²) in [6.07, 6.45) is -0.457. The van der Waals surface area contributed by atoms with E-state index in [9.17, 15) is 67.9 Å². The van der Waals surface area contributed by atoms with Gasteiger partial charge in [0.25, 0.3) is 5.69 Å². The van der Waals surface area contributed by atoms with E-state index in [1.807, 2.05) is 79.3 Å². The van der Waals surface area contributed by atoms with Crippen molar-refractivity contribution in [3.05, 3.63) is 128 Å². The summed E-state index contributed by atoms with van der Waals surface area (Å²) in [5.41, 5.74) is 11.5. The smallest absolute Gasteiger partial charge is 0.412 e. The molecule has 0 fully saturated rings. The highest BCUT2D eigenvalue weighted by Gasteiger charge is 2.28. The van der Waals surface area contributed by atoms with E-state index >= 15 is 0 Å². The minimum absolute atomic E-state index is 0.0376. The van der Waals surface area contributed by atoms with Crippen LogP contribution in [0.25, 0.3) is 0 Å². The molecular weight excluding hydrogens is 1630 g/mol. The molecule has 0 aromatic heterocycles. The van der Waals surface area contributed by atoms with Crippen molar-refractivity contribution in [2.75, 3.05) is 225 Å². The lowest BCUT2D eigenvalue weighted by Gasteiger charge is -2.26. The van der Waals surface area contributed by atoms with Crippen LogP contribution in [0.3, 0.4) is 0 Å².